The molecule has 2 rings (SSSR count). The molecule has 0 spiro atoms. The summed E-state index contributed by atoms with van der Waals surface area (Å²) >= 11 is 3.36. The summed E-state index contributed by atoms with van der Waals surface area (Å²) in [6.07, 6.45) is 0.778. The maximum atomic E-state index is 11.8. The molecule has 1 saturated heterocycles. The molecule has 4 heteroatoms. The topological polar surface area (TPSA) is 40.5 Å². The highest BCUT2D eigenvalue weighted by atomic mass is 79.9. The van der Waals surface area contributed by atoms with Crippen molar-refractivity contribution < 1.29 is 9.90 Å². The van der Waals surface area contributed by atoms with E-state index in [4.69, 9.17) is 0 Å². The standard InChI is InChI=1S/C12H14BrNO2/c13-10-3-1-9(2-4-10)7-12(16)14-6-5-11(15)8-14/h1-4,11,15H,5-8H2/t11-/m0/s1. The average Bonchev–Trinajstić information content (AvgIpc) is 2.68. The van der Waals surface area contributed by atoms with Gasteiger partial charge in [-0.3, -0.25) is 4.79 Å². The second-order valence-electron chi connectivity index (χ2n) is 4.09. The van der Waals surface area contributed by atoms with Crippen LogP contribution in [0.4, 0.5) is 0 Å². The summed E-state index contributed by atoms with van der Waals surface area (Å²) in [6.45, 7) is 1.16. The average molecular weight is 284 g/mol. The maximum Gasteiger partial charge on any atom is 0.227 e. The summed E-state index contributed by atoms with van der Waals surface area (Å²) in [5.41, 5.74) is 1.01. The molecule has 1 aliphatic rings. The first-order valence-corrected chi connectivity index (χ1v) is 6.15. The van der Waals surface area contributed by atoms with Crippen molar-refractivity contribution in [2.24, 2.45) is 0 Å². The third-order valence-corrected chi connectivity index (χ3v) is 3.31. The zero-order valence-electron chi connectivity index (χ0n) is 8.90. The predicted molar refractivity (Wildman–Crippen MR) is 65.0 cm³/mol. The number of halogens is 1. The summed E-state index contributed by atoms with van der Waals surface area (Å²) in [5.74, 6) is 0.0962. The minimum atomic E-state index is -0.339. The predicted octanol–water partition coefficient (Wildman–Crippen LogP) is 1.58. The summed E-state index contributed by atoms with van der Waals surface area (Å²) in [7, 11) is 0. The molecule has 0 bridgehead atoms. The lowest BCUT2D eigenvalue weighted by Gasteiger charge is -2.15. The van der Waals surface area contributed by atoms with Crippen molar-refractivity contribution >= 4 is 21.8 Å². The normalized spacial score (nSPS) is 20.1. The number of hydrogen-bond acceptors (Lipinski definition) is 2. The SMILES string of the molecule is O=C(Cc1ccc(Br)cc1)N1CC[C@H](O)C1. The second kappa shape index (κ2) is 4.97. The molecule has 0 aliphatic carbocycles. The molecule has 0 saturated carbocycles. The number of β-amino-alcohol motifs (C(OH)–C–C–N with tert-alkyl or cyclic N) is 1. The van der Waals surface area contributed by atoms with E-state index >= 15 is 0 Å². The van der Waals surface area contributed by atoms with E-state index in [-0.39, 0.29) is 12.0 Å². The Morgan fingerprint density at radius 2 is 2.12 bits per heavy atom. The van der Waals surface area contributed by atoms with Crippen molar-refractivity contribution in [3.63, 3.8) is 0 Å². The third-order valence-electron chi connectivity index (χ3n) is 2.78. The number of carbonyl (C=O) groups excluding carboxylic acids is 1. The molecule has 16 heavy (non-hydrogen) atoms. The number of carbonyl (C=O) groups is 1. The summed E-state index contributed by atoms with van der Waals surface area (Å²) < 4.78 is 1.01. The van der Waals surface area contributed by atoms with Crippen LogP contribution in [0.5, 0.6) is 0 Å². The van der Waals surface area contributed by atoms with E-state index in [9.17, 15) is 9.90 Å². The first-order chi connectivity index (χ1) is 7.65. The molecule has 3 nitrogen and oxygen atoms in total. The number of likely N-dealkylation sites (tertiary alicyclic amines) is 1. The fourth-order valence-electron chi connectivity index (χ4n) is 1.86. The van der Waals surface area contributed by atoms with Gasteiger partial charge in [0.2, 0.25) is 5.91 Å². The summed E-state index contributed by atoms with van der Waals surface area (Å²) in [4.78, 5) is 13.6. The molecule has 1 aromatic rings. The van der Waals surface area contributed by atoms with Crippen molar-refractivity contribution in [2.75, 3.05) is 13.1 Å². The van der Waals surface area contributed by atoms with Gasteiger partial charge < -0.3 is 10.0 Å². The minimum Gasteiger partial charge on any atom is -0.391 e. The van der Waals surface area contributed by atoms with Crippen LogP contribution < -0.4 is 0 Å². The molecule has 0 radical (unpaired) electrons. The van der Waals surface area contributed by atoms with E-state index in [1.807, 2.05) is 24.3 Å². The van der Waals surface area contributed by atoms with Gasteiger partial charge in [0.25, 0.3) is 0 Å². The lowest BCUT2D eigenvalue weighted by molar-refractivity contribution is -0.129. The molecule has 1 aromatic carbocycles. The van der Waals surface area contributed by atoms with Gasteiger partial charge >= 0.3 is 0 Å². The molecular weight excluding hydrogens is 270 g/mol. The Labute approximate surface area is 103 Å². The molecule has 0 aromatic heterocycles. The second-order valence-corrected chi connectivity index (χ2v) is 5.00. The highest BCUT2D eigenvalue weighted by Gasteiger charge is 2.24. The number of benzene rings is 1. The number of hydrogen-bond donors (Lipinski definition) is 1. The Morgan fingerprint density at radius 1 is 1.44 bits per heavy atom. The Balaban J connectivity index is 1.94. The maximum absolute atomic E-state index is 11.8. The minimum absolute atomic E-state index is 0.0962. The van der Waals surface area contributed by atoms with E-state index < -0.39 is 0 Å². The van der Waals surface area contributed by atoms with Crippen LogP contribution in [0, 0.1) is 0 Å². The Bertz CT molecular complexity index is 377. The van der Waals surface area contributed by atoms with Crippen LogP contribution in [0.25, 0.3) is 0 Å². The Morgan fingerprint density at radius 3 is 2.69 bits per heavy atom. The van der Waals surface area contributed by atoms with Crippen molar-refractivity contribution in [3.8, 4) is 0 Å². The van der Waals surface area contributed by atoms with Crippen LogP contribution >= 0.6 is 15.9 Å². The van der Waals surface area contributed by atoms with Gasteiger partial charge in [-0.05, 0) is 24.1 Å². The molecule has 1 heterocycles. The fraction of sp³-hybridized carbons (Fsp3) is 0.417. The van der Waals surface area contributed by atoms with Crippen LogP contribution in [-0.4, -0.2) is 35.1 Å². The molecule has 1 fully saturated rings. The molecule has 1 aliphatic heterocycles. The van der Waals surface area contributed by atoms with Crippen molar-refractivity contribution in [2.45, 2.75) is 18.9 Å². The largest absolute Gasteiger partial charge is 0.391 e. The number of nitrogens with zero attached hydrogens (tertiary/aromatic N) is 1. The highest BCUT2D eigenvalue weighted by molar-refractivity contribution is 9.10. The quantitative estimate of drug-likeness (QED) is 0.896. The Kier molecular flexibility index (Phi) is 3.61. The van der Waals surface area contributed by atoms with Gasteiger partial charge in [0, 0.05) is 17.6 Å². The molecular formula is C12H14BrNO2. The van der Waals surface area contributed by atoms with Gasteiger partial charge in [0.05, 0.1) is 12.5 Å². The van der Waals surface area contributed by atoms with E-state index in [0.29, 0.717) is 25.9 Å². The molecule has 86 valence electrons. The molecule has 1 atom stereocenters. The molecule has 1 amide bonds. The van der Waals surface area contributed by atoms with Gasteiger partial charge in [-0.15, -0.1) is 0 Å². The van der Waals surface area contributed by atoms with Gasteiger partial charge in [-0.1, -0.05) is 28.1 Å². The Hall–Kier alpha value is -0.870. The zero-order valence-corrected chi connectivity index (χ0v) is 10.5. The van der Waals surface area contributed by atoms with E-state index in [1.165, 1.54) is 0 Å². The van der Waals surface area contributed by atoms with E-state index in [0.717, 1.165) is 10.0 Å². The van der Waals surface area contributed by atoms with Gasteiger partial charge in [0.1, 0.15) is 0 Å². The van der Waals surface area contributed by atoms with Gasteiger partial charge in [-0.25, -0.2) is 0 Å². The van der Waals surface area contributed by atoms with Crippen LogP contribution in [0.1, 0.15) is 12.0 Å². The summed E-state index contributed by atoms with van der Waals surface area (Å²) in [6, 6.07) is 7.74. The lowest BCUT2D eigenvalue weighted by Crippen LogP contribution is -2.30. The lowest BCUT2D eigenvalue weighted by atomic mass is 10.1. The zero-order chi connectivity index (χ0) is 11.5. The van der Waals surface area contributed by atoms with Crippen molar-refractivity contribution in [1.29, 1.82) is 0 Å². The smallest absolute Gasteiger partial charge is 0.227 e. The van der Waals surface area contributed by atoms with Crippen LogP contribution in [-0.2, 0) is 11.2 Å². The molecule has 0 unspecified atom stereocenters. The highest BCUT2D eigenvalue weighted by Crippen LogP contribution is 2.14. The van der Waals surface area contributed by atoms with E-state index in [1.54, 1.807) is 4.90 Å². The third kappa shape index (κ3) is 2.83. The van der Waals surface area contributed by atoms with Gasteiger partial charge in [0.15, 0.2) is 0 Å². The molecule has 1 N–H and O–H groups in total. The van der Waals surface area contributed by atoms with Crippen molar-refractivity contribution in [3.05, 3.63) is 34.3 Å². The van der Waals surface area contributed by atoms with Crippen molar-refractivity contribution in [1.82, 2.24) is 4.90 Å². The number of aliphatic hydroxyl groups excluding tert-OH is 1. The first kappa shape index (κ1) is 11.6. The van der Waals surface area contributed by atoms with E-state index in [2.05, 4.69) is 15.9 Å². The fourth-order valence-corrected chi connectivity index (χ4v) is 2.12. The monoisotopic (exact) mass is 283 g/mol. The number of rotatable bonds is 2. The first-order valence-electron chi connectivity index (χ1n) is 5.35. The number of amides is 1. The van der Waals surface area contributed by atoms with Crippen LogP contribution in [0.3, 0.4) is 0 Å². The summed E-state index contributed by atoms with van der Waals surface area (Å²) in [5, 5.41) is 9.35. The van der Waals surface area contributed by atoms with Crippen LogP contribution in [0.2, 0.25) is 0 Å². The number of aliphatic hydroxyl groups is 1. The van der Waals surface area contributed by atoms with Crippen LogP contribution in [0.15, 0.2) is 28.7 Å². The van der Waals surface area contributed by atoms with Gasteiger partial charge in [-0.2, -0.15) is 0 Å².